The number of urea groups is 1. The summed E-state index contributed by atoms with van der Waals surface area (Å²) in [7, 11) is 0. The summed E-state index contributed by atoms with van der Waals surface area (Å²) in [5.74, 6) is 0.103. The second-order valence-electron chi connectivity index (χ2n) is 6.87. The highest BCUT2D eigenvalue weighted by molar-refractivity contribution is 5.73. The normalized spacial score (nSPS) is 10.7. The highest BCUT2D eigenvalue weighted by Gasteiger charge is 2.05. The molecule has 0 fully saturated rings. The highest BCUT2D eigenvalue weighted by atomic mass is 19.3. The van der Waals surface area contributed by atoms with Crippen LogP contribution in [0.3, 0.4) is 0 Å². The third kappa shape index (κ3) is 7.26. The first-order valence-electron chi connectivity index (χ1n) is 9.78. The molecule has 3 rings (SSSR count). The van der Waals surface area contributed by atoms with Gasteiger partial charge in [-0.1, -0.05) is 42.5 Å². The highest BCUT2D eigenvalue weighted by Crippen LogP contribution is 2.15. The summed E-state index contributed by atoms with van der Waals surface area (Å²) in [6.45, 7) is -1.58. The molecule has 3 aromatic rings. The van der Waals surface area contributed by atoms with Crippen LogP contribution >= 0.6 is 0 Å². The maximum atomic E-state index is 12.1. The molecule has 0 unspecified atom stereocenters. The van der Waals surface area contributed by atoms with Crippen LogP contribution in [0, 0.1) is 0 Å². The standard InChI is InChI=1S/C23H23F2N3O3/c24-22(25)31-20-10-8-17(9-11-20)12-13-26-23(30)27-15-18-4-6-19(7-5-18)16-28-14-2-1-3-21(28)29/h1-11,14,22H,12-13,15-16H2,(H2,26,27,30). The number of carbonyl (C=O) groups is 1. The lowest BCUT2D eigenvalue weighted by Gasteiger charge is -2.10. The molecule has 6 nitrogen and oxygen atoms in total. The maximum Gasteiger partial charge on any atom is 0.387 e. The monoisotopic (exact) mass is 427 g/mol. The third-order valence-corrected chi connectivity index (χ3v) is 4.58. The van der Waals surface area contributed by atoms with E-state index in [2.05, 4.69) is 15.4 Å². The number of ether oxygens (including phenoxy) is 1. The number of hydrogen-bond donors (Lipinski definition) is 2. The van der Waals surface area contributed by atoms with E-state index < -0.39 is 6.61 Å². The molecule has 2 aromatic carbocycles. The summed E-state index contributed by atoms with van der Waals surface area (Å²) in [4.78, 5) is 23.7. The van der Waals surface area contributed by atoms with Crippen molar-refractivity contribution in [2.75, 3.05) is 6.54 Å². The lowest BCUT2D eigenvalue weighted by atomic mass is 10.1. The van der Waals surface area contributed by atoms with Crippen LogP contribution in [0.25, 0.3) is 0 Å². The van der Waals surface area contributed by atoms with E-state index in [0.29, 0.717) is 26.1 Å². The van der Waals surface area contributed by atoms with Gasteiger partial charge in [0.1, 0.15) is 5.75 Å². The Kier molecular flexibility index (Phi) is 7.75. The summed E-state index contributed by atoms with van der Waals surface area (Å²) in [6.07, 6.45) is 2.31. The molecule has 162 valence electrons. The number of benzene rings is 2. The average Bonchev–Trinajstić information content (AvgIpc) is 2.76. The van der Waals surface area contributed by atoms with Crippen molar-refractivity contribution >= 4 is 6.03 Å². The Morgan fingerprint density at radius 2 is 1.58 bits per heavy atom. The van der Waals surface area contributed by atoms with Crippen LogP contribution in [0.2, 0.25) is 0 Å². The Labute approximate surface area is 178 Å². The molecule has 0 aliphatic carbocycles. The minimum absolute atomic E-state index is 0.0534. The van der Waals surface area contributed by atoms with Gasteiger partial charge in [0.2, 0.25) is 0 Å². The average molecular weight is 427 g/mol. The van der Waals surface area contributed by atoms with E-state index in [1.807, 2.05) is 30.3 Å². The lowest BCUT2D eigenvalue weighted by molar-refractivity contribution is -0.0498. The summed E-state index contributed by atoms with van der Waals surface area (Å²) < 4.78 is 30.2. The molecule has 8 heteroatoms. The SMILES string of the molecule is O=C(NCCc1ccc(OC(F)F)cc1)NCc1ccc(Cn2ccccc2=O)cc1. The molecule has 0 spiro atoms. The van der Waals surface area contributed by atoms with E-state index in [9.17, 15) is 18.4 Å². The van der Waals surface area contributed by atoms with Crippen molar-refractivity contribution in [3.8, 4) is 5.75 Å². The first kappa shape index (κ1) is 22.0. The van der Waals surface area contributed by atoms with Gasteiger partial charge in [-0.15, -0.1) is 0 Å². The zero-order valence-corrected chi connectivity index (χ0v) is 16.8. The second-order valence-corrected chi connectivity index (χ2v) is 6.87. The number of alkyl halides is 2. The predicted octanol–water partition coefficient (Wildman–Crippen LogP) is 3.54. The van der Waals surface area contributed by atoms with Crippen LogP contribution in [-0.2, 0) is 19.5 Å². The fourth-order valence-electron chi connectivity index (χ4n) is 2.95. The number of halogens is 2. The zero-order valence-electron chi connectivity index (χ0n) is 16.8. The number of amides is 2. The summed E-state index contributed by atoms with van der Waals surface area (Å²) in [6, 6.07) is 18.7. The predicted molar refractivity (Wildman–Crippen MR) is 113 cm³/mol. The Bertz CT molecular complexity index is 1030. The van der Waals surface area contributed by atoms with E-state index in [-0.39, 0.29) is 17.3 Å². The Balaban J connectivity index is 1.38. The molecule has 2 amide bonds. The molecule has 0 bridgehead atoms. The van der Waals surface area contributed by atoms with Crippen LogP contribution < -0.4 is 20.9 Å². The molecular formula is C23H23F2N3O3. The molecule has 1 heterocycles. The van der Waals surface area contributed by atoms with Gasteiger partial charge >= 0.3 is 12.6 Å². The fraction of sp³-hybridized carbons (Fsp3) is 0.217. The van der Waals surface area contributed by atoms with E-state index in [4.69, 9.17) is 0 Å². The van der Waals surface area contributed by atoms with Crippen LogP contribution in [-0.4, -0.2) is 23.8 Å². The van der Waals surface area contributed by atoms with Gasteiger partial charge in [0.25, 0.3) is 5.56 Å². The van der Waals surface area contributed by atoms with Crippen molar-refractivity contribution in [3.05, 3.63) is 100.0 Å². The molecule has 0 saturated carbocycles. The number of nitrogens with one attached hydrogen (secondary N) is 2. The number of aromatic nitrogens is 1. The Hall–Kier alpha value is -3.68. The molecule has 1 aromatic heterocycles. The van der Waals surface area contributed by atoms with Gasteiger partial charge in [-0.2, -0.15) is 8.78 Å². The Morgan fingerprint density at radius 1 is 0.903 bits per heavy atom. The number of nitrogens with zero attached hydrogens (tertiary/aromatic N) is 1. The van der Waals surface area contributed by atoms with E-state index >= 15 is 0 Å². The molecule has 2 N–H and O–H groups in total. The third-order valence-electron chi connectivity index (χ3n) is 4.58. The quantitative estimate of drug-likeness (QED) is 0.549. The Morgan fingerprint density at radius 3 is 2.26 bits per heavy atom. The second kappa shape index (κ2) is 10.9. The fourth-order valence-corrected chi connectivity index (χ4v) is 2.95. The van der Waals surface area contributed by atoms with E-state index in [1.54, 1.807) is 29.0 Å². The number of rotatable bonds is 9. The zero-order chi connectivity index (χ0) is 22.1. The van der Waals surface area contributed by atoms with Crippen molar-refractivity contribution < 1.29 is 18.3 Å². The smallest absolute Gasteiger partial charge is 0.387 e. The van der Waals surface area contributed by atoms with Crippen molar-refractivity contribution in [3.63, 3.8) is 0 Å². The van der Waals surface area contributed by atoms with Crippen LogP contribution in [0.15, 0.2) is 77.7 Å². The largest absolute Gasteiger partial charge is 0.435 e. The van der Waals surface area contributed by atoms with Crippen LogP contribution in [0.1, 0.15) is 16.7 Å². The van der Waals surface area contributed by atoms with Crippen molar-refractivity contribution in [1.82, 2.24) is 15.2 Å². The van der Waals surface area contributed by atoms with E-state index in [1.165, 1.54) is 18.2 Å². The van der Waals surface area contributed by atoms with Crippen molar-refractivity contribution in [1.29, 1.82) is 0 Å². The van der Waals surface area contributed by atoms with Gasteiger partial charge in [0.05, 0.1) is 6.54 Å². The number of carbonyl (C=O) groups excluding carboxylic acids is 1. The van der Waals surface area contributed by atoms with Gasteiger partial charge in [-0.25, -0.2) is 4.79 Å². The van der Waals surface area contributed by atoms with Gasteiger partial charge < -0.3 is 19.9 Å². The van der Waals surface area contributed by atoms with Crippen LogP contribution in [0.4, 0.5) is 13.6 Å². The summed E-state index contributed by atoms with van der Waals surface area (Å²) in [5, 5.41) is 5.54. The van der Waals surface area contributed by atoms with Gasteiger partial charge in [0.15, 0.2) is 0 Å². The number of hydrogen-bond acceptors (Lipinski definition) is 3. The topological polar surface area (TPSA) is 72.4 Å². The van der Waals surface area contributed by atoms with Gasteiger partial charge in [-0.3, -0.25) is 4.79 Å². The molecule has 0 radical (unpaired) electrons. The molecule has 31 heavy (non-hydrogen) atoms. The van der Waals surface area contributed by atoms with Crippen LogP contribution in [0.5, 0.6) is 5.75 Å². The van der Waals surface area contributed by atoms with E-state index in [0.717, 1.165) is 16.7 Å². The van der Waals surface area contributed by atoms with Crippen molar-refractivity contribution in [2.45, 2.75) is 26.1 Å². The molecule has 0 saturated heterocycles. The first-order valence-corrected chi connectivity index (χ1v) is 9.78. The first-order chi connectivity index (χ1) is 15.0. The minimum atomic E-state index is -2.85. The molecule has 0 aliphatic rings. The molecular weight excluding hydrogens is 404 g/mol. The summed E-state index contributed by atoms with van der Waals surface area (Å²) in [5.41, 5.74) is 2.78. The van der Waals surface area contributed by atoms with Gasteiger partial charge in [-0.05, 0) is 41.3 Å². The number of pyridine rings is 1. The minimum Gasteiger partial charge on any atom is -0.435 e. The summed E-state index contributed by atoms with van der Waals surface area (Å²) >= 11 is 0. The maximum absolute atomic E-state index is 12.1. The molecule has 0 aliphatic heterocycles. The molecule has 0 atom stereocenters. The van der Waals surface area contributed by atoms with Gasteiger partial charge in [0, 0.05) is 25.4 Å². The lowest BCUT2D eigenvalue weighted by Crippen LogP contribution is -2.36. The van der Waals surface area contributed by atoms with Crippen molar-refractivity contribution in [2.24, 2.45) is 0 Å².